The largest absolute Gasteiger partial charge is 0.396 e. The molecule has 3 fully saturated rings. The Labute approximate surface area is 186 Å². The summed E-state index contributed by atoms with van der Waals surface area (Å²) < 4.78 is 24.0. The van der Waals surface area contributed by atoms with Crippen molar-refractivity contribution in [2.24, 2.45) is 10.8 Å². The van der Waals surface area contributed by atoms with Crippen LogP contribution in [0.25, 0.3) is 5.57 Å². The monoisotopic (exact) mass is 461 g/mol. The van der Waals surface area contributed by atoms with Gasteiger partial charge >= 0.3 is 6.03 Å². The average molecular weight is 462 g/mol. The molecule has 1 atom stereocenters. The summed E-state index contributed by atoms with van der Waals surface area (Å²) in [5.41, 5.74) is 6.04. The lowest BCUT2D eigenvalue weighted by atomic mass is 9.32. The second-order valence-corrected chi connectivity index (χ2v) is 12.6. The molecule has 0 radical (unpaired) electrons. The molecular formula is C22H27N3O6S. The molecule has 10 heteroatoms. The zero-order valence-electron chi connectivity index (χ0n) is 18.1. The van der Waals surface area contributed by atoms with Crippen LogP contribution in [0.1, 0.15) is 43.9 Å². The van der Waals surface area contributed by atoms with Crippen LogP contribution in [0.5, 0.6) is 0 Å². The van der Waals surface area contributed by atoms with Crippen molar-refractivity contribution in [1.29, 1.82) is 0 Å². The van der Waals surface area contributed by atoms with Gasteiger partial charge in [-0.3, -0.25) is 14.6 Å². The molecule has 3 N–H and O–H groups in total. The maximum atomic E-state index is 12.9. The van der Waals surface area contributed by atoms with E-state index in [1.54, 1.807) is 4.57 Å². The number of sulfone groups is 1. The summed E-state index contributed by atoms with van der Waals surface area (Å²) in [6.45, 7) is 1.89. The van der Waals surface area contributed by atoms with Gasteiger partial charge in [0.1, 0.15) is 0 Å². The smallest absolute Gasteiger partial charge is 0.328 e. The molecule has 1 aliphatic heterocycles. The van der Waals surface area contributed by atoms with Gasteiger partial charge in [0.25, 0.3) is 5.91 Å². The Kier molecular flexibility index (Phi) is 4.39. The van der Waals surface area contributed by atoms with E-state index >= 15 is 0 Å². The van der Waals surface area contributed by atoms with E-state index < -0.39 is 20.5 Å². The van der Waals surface area contributed by atoms with Crippen LogP contribution in [-0.2, 0) is 21.2 Å². The van der Waals surface area contributed by atoms with Crippen LogP contribution in [-0.4, -0.2) is 64.3 Å². The molecule has 3 saturated carbocycles. The molecule has 5 aliphatic rings. The predicted molar refractivity (Wildman–Crippen MR) is 115 cm³/mol. The Morgan fingerprint density at radius 1 is 1.28 bits per heavy atom. The van der Waals surface area contributed by atoms with Gasteiger partial charge in [0.05, 0.1) is 6.54 Å². The summed E-state index contributed by atoms with van der Waals surface area (Å²) >= 11 is 0. The lowest BCUT2D eigenvalue weighted by molar-refractivity contribution is -0.196. The summed E-state index contributed by atoms with van der Waals surface area (Å²) in [7, 11) is -3.82. The van der Waals surface area contributed by atoms with Crippen molar-refractivity contribution in [3.8, 4) is 0 Å². The van der Waals surface area contributed by atoms with E-state index in [1.165, 1.54) is 22.9 Å². The normalized spacial score (nSPS) is 29.8. The summed E-state index contributed by atoms with van der Waals surface area (Å²) in [4.78, 5) is 26.4. The third-order valence-electron chi connectivity index (χ3n) is 8.05. The summed E-state index contributed by atoms with van der Waals surface area (Å²) in [5.74, 6) is -1.01. The van der Waals surface area contributed by atoms with Gasteiger partial charge in [-0.05, 0) is 60.6 Å². The second kappa shape index (κ2) is 6.55. The highest BCUT2D eigenvalue weighted by atomic mass is 32.2. The van der Waals surface area contributed by atoms with E-state index in [2.05, 4.69) is 12.2 Å². The molecule has 172 valence electrons. The molecule has 2 amide bonds. The van der Waals surface area contributed by atoms with Gasteiger partial charge in [0.2, 0.25) is 0 Å². The van der Waals surface area contributed by atoms with Crippen LogP contribution in [0.15, 0.2) is 30.0 Å². The van der Waals surface area contributed by atoms with Gasteiger partial charge < -0.3 is 10.0 Å². The summed E-state index contributed by atoms with van der Waals surface area (Å²) in [5, 5.41) is 18.5. The predicted octanol–water partition coefficient (Wildman–Crippen LogP) is 1.46. The molecule has 9 nitrogen and oxygen atoms in total. The molecule has 1 aromatic heterocycles. The fourth-order valence-corrected chi connectivity index (χ4v) is 6.74. The number of nitrogens with zero attached hydrogens (tertiary/aromatic N) is 2. The van der Waals surface area contributed by atoms with Gasteiger partial charge in [0.15, 0.2) is 14.6 Å². The maximum Gasteiger partial charge on any atom is 0.328 e. The fourth-order valence-electron chi connectivity index (χ4n) is 5.90. The molecule has 32 heavy (non-hydrogen) atoms. The van der Waals surface area contributed by atoms with Gasteiger partial charge in [-0.2, -0.15) is 0 Å². The Hall–Kier alpha value is -2.43. The number of hydroxylamine groups is 1. The first-order valence-corrected chi connectivity index (χ1v) is 12.6. The van der Waals surface area contributed by atoms with Crippen molar-refractivity contribution in [3.63, 3.8) is 0 Å². The van der Waals surface area contributed by atoms with Gasteiger partial charge in [-0.1, -0.05) is 12.2 Å². The number of aromatic nitrogens is 1. The van der Waals surface area contributed by atoms with Gasteiger partial charge in [-0.25, -0.2) is 18.7 Å². The van der Waals surface area contributed by atoms with E-state index in [9.17, 15) is 23.1 Å². The number of hydrogen-bond donors (Lipinski definition) is 3. The number of rotatable bonds is 8. The van der Waals surface area contributed by atoms with E-state index in [-0.39, 0.29) is 36.4 Å². The summed E-state index contributed by atoms with van der Waals surface area (Å²) in [6.07, 6.45) is 9.93. The van der Waals surface area contributed by atoms with Crippen LogP contribution >= 0.6 is 0 Å². The number of aliphatic hydroxyl groups is 1. The SMILES string of the molecule is CC(CCN1Cc2cc(C3=CC=C3C34CC(CO)(C3)C4)cn2C1=O)(C(=O)NO)S(C)(=O)=O. The Morgan fingerprint density at radius 3 is 2.47 bits per heavy atom. The zero-order valence-corrected chi connectivity index (χ0v) is 18.9. The van der Waals surface area contributed by atoms with Crippen LogP contribution in [0.3, 0.4) is 0 Å². The zero-order chi connectivity index (χ0) is 23.1. The standard InChI is InChI=1S/C22H27N3O6S/c1-20(18(27)23-29,32(2,30)31)5-6-24-9-15-7-14(8-25(15)19(24)28)16-3-4-17(16)22-10-21(11-22,12-22)13-26/h3-4,7-8,26,29H,5-6,9-13H2,1-2H3,(H,23,27). The first-order valence-electron chi connectivity index (χ1n) is 10.7. The van der Waals surface area contributed by atoms with Crippen molar-refractivity contribution in [2.45, 2.75) is 43.9 Å². The number of amides is 2. The molecule has 0 saturated heterocycles. The number of hydrogen-bond acceptors (Lipinski definition) is 6. The molecule has 1 unspecified atom stereocenters. The highest BCUT2D eigenvalue weighted by Crippen LogP contribution is 2.77. The third-order valence-corrected chi connectivity index (χ3v) is 10.1. The Morgan fingerprint density at radius 2 is 1.97 bits per heavy atom. The van der Waals surface area contributed by atoms with Crippen molar-refractivity contribution in [1.82, 2.24) is 14.9 Å². The minimum absolute atomic E-state index is 0.0625. The van der Waals surface area contributed by atoms with Crippen molar-refractivity contribution in [2.75, 3.05) is 19.4 Å². The van der Waals surface area contributed by atoms with Crippen molar-refractivity contribution >= 4 is 27.3 Å². The quantitative estimate of drug-likeness (QED) is 0.397. The van der Waals surface area contributed by atoms with Crippen LogP contribution in [0.4, 0.5) is 4.79 Å². The Balaban J connectivity index is 1.26. The molecule has 2 bridgehead atoms. The molecule has 4 aliphatic carbocycles. The van der Waals surface area contributed by atoms with E-state index in [1.807, 2.05) is 12.3 Å². The fraction of sp³-hybridized carbons (Fsp3) is 0.545. The first kappa shape index (κ1) is 21.4. The number of nitrogens with one attached hydrogen (secondary N) is 1. The number of aliphatic hydroxyl groups excluding tert-OH is 1. The number of allylic oxidation sites excluding steroid dienone is 4. The van der Waals surface area contributed by atoms with Crippen molar-refractivity contribution in [3.05, 3.63) is 41.2 Å². The maximum absolute atomic E-state index is 12.9. The van der Waals surface area contributed by atoms with Crippen LogP contribution in [0, 0.1) is 10.8 Å². The highest BCUT2D eigenvalue weighted by molar-refractivity contribution is 7.92. The van der Waals surface area contributed by atoms with Crippen molar-refractivity contribution < 1.29 is 28.3 Å². The molecule has 6 rings (SSSR count). The second-order valence-electron chi connectivity index (χ2n) is 10.1. The minimum Gasteiger partial charge on any atom is -0.396 e. The molecular weight excluding hydrogens is 434 g/mol. The molecule has 1 aromatic rings. The average Bonchev–Trinajstić information content (AvgIpc) is 3.17. The lowest BCUT2D eigenvalue weighted by Gasteiger charge is -2.72. The van der Waals surface area contributed by atoms with Crippen LogP contribution in [0.2, 0.25) is 0 Å². The van der Waals surface area contributed by atoms with E-state index in [0.29, 0.717) is 6.54 Å². The first-order chi connectivity index (χ1) is 15.0. The van der Waals surface area contributed by atoms with Gasteiger partial charge in [0, 0.05) is 36.9 Å². The third kappa shape index (κ3) is 2.72. The lowest BCUT2D eigenvalue weighted by Crippen LogP contribution is -2.64. The van der Waals surface area contributed by atoms with E-state index in [0.717, 1.165) is 42.3 Å². The highest BCUT2D eigenvalue weighted by Gasteiger charge is 2.69. The number of fused-ring (bicyclic) bond motifs is 1. The summed E-state index contributed by atoms with van der Waals surface area (Å²) in [6, 6.07) is 1.72. The molecule has 0 spiro atoms. The van der Waals surface area contributed by atoms with Crippen LogP contribution < -0.4 is 5.48 Å². The minimum atomic E-state index is -3.82. The molecule has 0 aromatic carbocycles. The topological polar surface area (TPSA) is 129 Å². The number of carbonyl (C=O) groups is 2. The Bertz CT molecular complexity index is 1190. The van der Waals surface area contributed by atoms with E-state index in [4.69, 9.17) is 5.21 Å². The molecule has 2 heterocycles. The number of carbonyl (C=O) groups excluding carboxylic acids is 2. The van der Waals surface area contributed by atoms with Gasteiger partial charge in [-0.15, -0.1) is 0 Å².